The van der Waals surface area contributed by atoms with Crippen molar-refractivity contribution in [1.82, 2.24) is 9.55 Å². The first-order valence-corrected chi connectivity index (χ1v) is 12.5. The van der Waals surface area contributed by atoms with Crippen molar-refractivity contribution in [1.29, 1.82) is 0 Å². The lowest BCUT2D eigenvalue weighted by molar-refractivity contribution is -0.0450. The molecule has 2 heterocycles. The van der Waals surface area contributed by atoms with Crippen LogP contribution in [0.1, 0.15) is 25.1 Å². The van der Waals surface area contributed by atoms with Crippen LogP contribution in [0.25, 0.3) is 0 Å². The highest BCUT2D eigenvalue weighted by Crippen LogP contribution is 2.66. The summed E-state index contributed by atoms with van der Waals surface area (Å²) in [4.78, 5) is 61.2. The lowest BCUT2D eigenvalue weighted by Gasteiger charge is -2.19. The van der Waals surface area contributed by atoms with Gasteiger partial charge in [0.05, 0.1) is 12.7 Å². The van der Waals surface area contributed by atoms with E-state index in [1.54, 1.807) is 0 Å². The number of phosphoric acid groups is 3. The first-order valence-electron chi connectivity index (χ1n) is 8.02. The fraction of sp³-hybridized carbons (Fsp3) is 0.500. The molecule has 0 radical (unpaired) electrons. The lowest BCUT2D eigenvalue weighted by atomic mass is 10.2. The topological polar surface area (TPSA) is 244 Å². The number of hydrogen-bond acceptors (Lipinski definition) is 10. The van der Waals surface area contributed by atoms with Crippen LogP contribution < -0.4 is 11.2 Å². The predicted molar refractivity (Wildman–Crippen MR) is 98.2 cm³/mol. The van der Waals surface area contributed by atoms with E-state index in [4.69, 9.17) is 19.4 Å². The summed E-state index contributed by atoms with van der Waals surface area (Å²) in [5, 5.41) is 10.1. The average Bonchev–Trinajstić information content (AvgIpc) is 2.93. The highest BCUT2D eigenvalue weighted by molar-refractivity contribution is 7.66. The first-order chi connectivity index (χ1) is 14.1. The molecule has 6 N–H and O–H groups in total. The monoisotopic (exact) mass is 506 g/mol. The minimum Gasteiger partial charge on any atom is -0.390 e. The molecule has 0 saturated carbocycles. The maximum absolute atomic E-state index is 12.0. The van der Waals surface area contributed by atoms with Gasteiger partial charge < -0.3 is 29.4 Å². The Labute approximate surface area is 172 Å². The number of H-pyrrole nitrogens is 1. The summed E-state index contributed by atoms with van der Waals surface area (Å²) in [5.74, 6) is 4.95. The Morgan fingerprint density at radius 1 is 1.19 bits per heavy atom. The molecule has 0 spiro atoms. The normalized spacial score (nSPS) is 25.3. The molecule has 0 aliphatic carbocycles. The van der Waals surface area contributed by atoms with Gasteiger partial charge in [0.25, 0.3) is 5.56 Å². The van der Waals surface area contributed by atoms with Crippen LogP contribution in [-0.2, 0) is 31.6 Å². The fourth-order valence-corrected chi connectivity index (χ4v) is 5.46. The maximum atomic E-state index is 12.0. The summed E-state index contributed by atoms with van der Waals surface area (Å²) >= 11 is 0. The summed E-state index contributed by atoms with van der Waals surface area (Å²) in [6, 6.07) is 0. The number of aromatic nitrogens is 2. The standard InChI is InChI=1S/C12H17N2O14P3/c1-2-3-7-5-14(12(17)13-11(7)16)10-4-8(15)9(26-10)6-25-30(21,22)28-31(23,24)27-29(18,19)20/h5,8-10,15H,4,6H2,1H3,(H,21,22)(H,23,24)(H,13,16,17)(H2,18,19,20)/t8?,9-,10-/m1/s1. The van der Waals surface area contributed by atoms with Gasteiger partial charge >= 0.3 is 29.2 Å². The number of hydrogen-bond donors (Lipinski definition) is 6. The molecule has 31 heavy (non-hydrogen) atoms. The van der Waals surface area contributed by atoms with Gasteiger partial charge in [-0.25, -0.2) is 18.5 Å². The third-order valence-corrected chi connectivity index (χ3v) is 7.36. The van der Waals surface area contributed by atoms with Gasteiger partial charge in [-0.2, -0.15) is 8.62 Å². The minimum atomic E-state index is -5.69. The van der Waals surface area contributed by atoms with E-state index in [2.05, 4.69) is 25.0 Å². The van der Waals surface area contributed by atoms with E-state index in [9.17, 15) is 33.3 Å². The summed E-state index contributed by atoms with van der Waals surface area (Å²) in [7, 11) is -16.6. The molecule has 2 rings (SSSR count). The second-order valence-corrected chi connectivity index (χ2v) is 10.3. The first kappa shape index (κ1) is 25.8. The van der Waals surface area contributed by atoms with Crippen LogP contribution in [-0.4, -0.2) is 53.0 Å². The Kier molecular flexibility index (Phi) is 8.00. The van der Waals surface area contributed by atoms with Crippen molar-refractivity contribution in [2.45, 2.75) is 31.8 Å². The number of aliphatic hydroxyl groups is 1. The second-order valence-electron chi connectivity index (χ2n) is 5.90. The van der Waals surface area contributed by atoms with Gasteiger partial charge in [0.1, 0.15) is 17.9 Å². The summed E-state index contributed by atoms with van der Waals surface area (Å²) in [6.07, 6.45) is -2.94. The van der Waals surface area contributed by atoms with Crippen molar-refractivity contribution in [2.75, 3.05) is 6.61 Å². The number of aliphatic hydroxyl groups excluding tert-OH is 1. The Morgan fingerprint density at radius 3 is 2.42 bits per heavy atom. The van der Waals surface area contributed by atoms with Gasteiger partial charge in [0, 0.05) is 12.6 Å². The summed E-state index contributed by atoms with van der Waals surface area (Å²) in [6.45, 7) is 0.560. The number of phosphoric ester groups is 1. The number of nitrogens with zero attached hydrogens (tertiary/aromatic N) is 1. The molecule has 1 aromatic heterocycles. The molecule has 19 heteroatoms. The zero-order valence-corrected chi connectivity index (χ0v) is 18.1. The van der Waals surface area contributed by atoms with Gasteiger partial charge in [-0.1, -0.05) is 5.92 Å². The molecule has 16 nitrogen and oxygen atoms in total. The Balaban J connectivity index is 2.08. The van der Waals surface area contributed by atoms with Crippen LogP contribution in [0.3, 0.4) is 0 Å². The predicted octanol–water partition coefficient (Wildman–Crippen LogP) is -1.10. The molecule has 0 bridgehead atoms. The van der Waals surface area contributed by atoms with Crippen LogP contribution in [0.2, 0.25) is 0 Å². The van der Waals surface area contributed by atoms with Crippen molar-refractivity contribution >= 4 is 23.5 Å². The molecule has 1 fully saturated rings. The quantitative estimate of drug-likeness (QED) is 0.181. The third kappa shape index (κ3) is 7.58. The highest BCUT2D eigenvalue weighted by atomic mass is 31.3. The largest absolute Gasteiger partial charge is 0.490 e. The van der Waals surface area contributed by atoms with Crippen molar-refractivity contribution in [3.05, 3.63) is 32.6 Å². The highest BCUT2D eigenvalue weighted by Gasteiger charge is 2.43. The van der Waals surface area contributed by atoms with E-state index < -0.39 is 59.8 Å². The molecule has 0 amide bonds. The summed E-state index contributed by atoms with van der Waals surface area (Å²) in [5.41, 5.74) is -1.67. The van der Waals surface area contributed by atoms with E-state index in [1.807, 2.05) is 4.98 Å². The molecule has 1 aromatic rings. The van der Waals surface area contributed by atoms with Crippen LogP contribution in [0, 0.1) is 11.8 Å². The molecule has 174 valence electrons. The SMILES string of the molecule is CC#Cc1cn([C@H]2CC(O)[C@@H](COP(=O)(O)OP(=O)(O)OP(=O)(O)O)O2)c(=O)[nH]c1=O. The van der Waals surface area contributed by atoms with Crippen LogP contribution in [0.4, 0.5) is 0 Å². The molecular formula is C12H17N2O14P3. The maximum Gasteiger partial charge on any atom is 0.490 e. The minimum absolute atomic E-state index is 0.0584. The van der Waals surface area contributed by atoms with E-state index >= 15 is 0 Å². The lowest BCUT2D eigenvalue weighted by Crippen LogP contribution is -2.33. The van der Waals surface area contributed by atoms with Crippen LogP contribution in [0.5, 0.6) is 0 Å². The Bertz CT molecular complexity index is 1140. The molecule has 3 unspecified atom stereocenters. The molecular weight excluding hydrogens is 489 g/mol. The van der Waals surface area contributed by atoms with Crippen LogP contribution >= 0.6 is 23.5 Å². The van der Waals surface area contributed by atoms with Crippen LogP contribution in [0.15, 0.2) is 15.8 Å². The molecule has 5 atom stereocenters. The number of rotatable bonds is 8. The van der Waals surface area contributed by atoms with E-state index in [1.165, 1.54) is 6.92 Å². The Hall–Kier alpha value is -1.43. The third-order valence-electron chi connectivity index (χ3n) is 3.56. The number of aromatic amines is 1. The van der Waals surface area contributed by atoms with Gasteiger partial charge in [-0.15, -0.1) is 5.92 Å². The molecule has 1 aliphatic heterocycles. The van der Waals surface area contributed by atoms with E-state index in [0.717, 1.165) is 10.8 Å². The fourth-order valence-electron chi connectivity index (χ4n) is 2.43. The molecule has 1 saturated heterocycles. The van der Waals surface area contributed by atoms with E-state index in [-0.39, 0.29) is 12.0 Å². The number of ether oxygens (including phenoxy) is 1. The van der Waals surface area contributed by atoms with Gasteiger partial charge in [-0.05, 0) is 6.92 Å². The van der Waals surface area contributed by atoms with Gasteiger partial charge in [0.2, 0.25) is 0 Å². The second kappa shape index (κ2) is 9.60. The Morgan fingerprint density at radius 2 is 1.84 bits per heavy atom. The van der Waals surface area contributed by atoms with Crippen molar-refractivity contribution in [3.63, 3.8) is 0 Å². The zero-order valence-electron chi connectivity index (χ0n) is 15.4. The average molecular weight is 506 g/mol. The number of nitrogens with one attached hydrogen (secondary N) is 1. The van der Waals surface area contributed by atoms with Gasteiger partial charge in [-0.3, -0.25) is 18.9 Å². The van der Waals surface area contributed by atoms with Crippen molar-refractivity contribution < 1.29 is 56.3 Å². The zero-order chi connectivity index (χ0) is 23.6. The van der Waals surface area contributed by atoms with Crippen molar-refractivity contribution in [3.8, 4) is 11.8 Å². The summed E-state index contributed by atoms with van der Waals surface area (Å²) < 4.78 is 51.4. The molecule has 0 aromatic carbocycles. The molecule has 1 aliphatic rings. The van der Waals surface area contributed by atoms with E-state index in [0.29, 0.717) is 0 Å². The smallest absolute Gasteiger partial charge is 0.390 e. The van der Waals surface area contributed by atoms with Gasteiger partial charge in [0.15, 0.2) is 0 Å². The van der Waals surface area contributed by atoms with Crippen molar-refractivity contribution in [2.24, 2.45) is 0 Å².